The molecule has 2 heterocycles. The summed E-state index contributed by atoms with van der Waals surface area (Å²) >= 11 is 1.31. The van der Waals surface area contributed by atoms with Gasteiger partial charge < -0.3 is 4.90 Å². The molecule has 4 rings (SSSR count). The third-order valence-electron chi connectivity index (χ3n) is 5.73. The summed E-state index contributed by atoms with van der Waals surface area (Å²) in [5, 5.41) is 7.15. The first-order chi connectivity index (χ1) is 15.1. The average molecular weight is 438 g/mol. The minimum absolute atomic E-state index is 0.0822. The number of aromatic nitrogens is 3. The number of thioether (sulfide) groups is 1. The van der Waals surface area contributed by atoms with Gasteiger partial charge in [0.1, 0.15) is 0 Å². The molecule has 1 aromatic heterocycles. The van der Waals surface area contributed by atoms with Gasteiger partial charge in [-0.15, -0.1) is 5.10 Å². The minimum Gasteiger partial charge on any atom is -0.339 e. The van der Waals surface area contributed by atoms with Gasteiger partial charge in [0.25, 0.3) is 0 Å². The Morgan fingerprint density at radius 2 is 1.68 bits per heavy atom. The number of carbonyl (C=O) groups excluding carboxylic acids is 1. The molecule has 1 unspecified atom stereocenters. The quantitative estimate of drug-likeness (QED) is 0.575. The van der Waals surface area contributed by atoms with E-state index in [1.807, 2.05) is 41.3 Å². The zero-order chi connectivity index (χ0) is 21.6. The SMILES string of the molecule is CC(c1ccccc1)N1CCN(C(=O)CSc2n[nH]c(=O)n2Cc2ccccc2)CC1. The van der Waals surface area contributed by atoms with E-state index in [-0.39, 0.29) is 17.3 Å². The Hall–Kier alpha value is -2.84. The van der Waals surface area contributed by atoms with Gasteiger partial charge in [0.15, 0.2) is 5.16 Å². The number of amides is 1. The summed E-state index contributed by atoms with van der Waals surface area (Å²) in [5.74, 6) is 0.353. The predicted molar refractivity (Wildman–Crippen MR) is 122 cm³/mol. The summed E-state index contributed by atoms with van der Waals surface area (Å²) in [5.41, 5.74) is 2.05. The Morgan fingerprint density at radius 1 is 1.03 bits per heavy atom. The molecule has 8 heteroatoms. The first-order valence-corrected chi connectivity index (χ1v) is 11.5. The van der Waals surface area contributed by atoms with Crippen molar-refractivity contribution in [1.82, 2.24) is 24.6 Å². The van der Waals surface area contributed by atoms with E-state index in [9.17, 15) is 9.59 Å². The highest BCUT2D eigenvalue weighted by Crippen LogP contribution is 2.22. The summed E-state index contributed by atoms with van der Waals surface area (Å²) < 4.78 is 1.58. The summed E-state index contributed by atoms with van der Waals surface area (Å²) in [4.78, 5) is 29.2. The molecule has 1 fully saturated rings. The van der Waals surface area contributed by atoms with Gasteiger partial charge in [0, 0.05) is 32.2 Å². The molecule has 1 amide bonds. The van der Waals surface area contributed by atoms with Crippen LogP contribution in [0, 0.1) is 0 Å². The van der Waals surface area contributed by atoms with Crippen LogP contribution >= 0.6 is 11.8 Å². The predicted octanol–water partition coefficient (Wildman–Crippen LogP) is 2.62. The third-order valence-corrected chi connectivity index (χ3v) is 6.69. The molecule has 0 spiro atoms. The van der Waals surface area contributed by atoms with Crippen molar-refractivity contribution in [2.24, 2.45) is 0 Å². The second-order valence-electron chi connectivity index (χ2n) is 7.68. The topological polar surface area (TPSA) is 74.2 Å². The Kier molecular flexibility index (Phi) is 6.89. The van der Waals surface area contributed by atoms with Crippen molar-refractivity contribution in [2.45, 2.75) is 24.7 Å². The summed E-state index contributed by atoms with van der Waals surface area (Å²) in [6, 6.07) is 20.6. The maximum Gasteiger partial charge on any atom is 0.344 e. The highest BCUT2D eigenvalue weighted by atomic mass is 32.2. The fourth-order valence-electron chi connectivity index (χ4n) is 3.84. The number of carbonyl (C=O) groups is 1. The lowest BCUT2D eigenvalue weighted by atomic mass is 10.1. The van der Waals surface area contributed by atoms with Gasteiger partial charge in [-0.3, -0.25) is 14.3 Å². The van der Waals surface area contributed by atoms with Crippen LogP contribution in [-0.4, -0.2) is 62.4 Å². The number of H-pyrrole nitrogens is 1. The Labute approximate surface area is 186 Å². The van der Waals surface area contributed by atoms with Crippen LogP contribution in [0.1, 0.15) is 24.1 Å². The third kappa shape index (κ3) is 5.26. The zero-order valence-corrected chi connectivity index (χ0v) is 18.4. The standard InChI is InChI=1S/C23H27N5O2S/c1-18(20-10-6-3-7-11-20)26-12-14-27(15-13-26)21(29)17-31-23-25-24-22(30)28(23)16-19-8-4-2-5-9-19/h2-11,18H,12-17H2,1H3,(H,24,30). The highest BCUT2D eigenvalue weighted by molar-refractivity contribution is 7.99. The van der Waals surface area contributed by atoms with Crippen molar-refractivity contribution in [1.29, 1.82) is 0 Å². The molecule has 0 bridgehead atoms. The number of nitrogens with one attached hydrogen (secondary N) is 1. The van der Waals surface area contributed by atoms with Crippen LogP contribution < -0.4 is 5.69 Å². The van der Waals surface area contributed by atoms with Crippen molar-refractivity contribution in [3.05, 3.63) is 82.3 Å². The first kappa shape index (κ1) is 21.4. The molecule has 0 aliphatic carbocycles. The second-order valence-corrected chi connectivity index (χ2v) is 8.62. The van der Waals surface area contributed by atoms with Crippen molar-refractivity contribution < 1.29 is 4.79 Å². The minimum atomic E-state index is -0.262. The Morgan fingerprint density at radius 3 is 2.35 bits per heavy atom. The number of rotatable bonds is 7. The van der Waals surface area contributed by atoms with E-state index in [1.54, 1.807) is 4.57 Å². The molecular formula is C23H27N5O2S. The molecule has 7 nitrogen and oxygen atoms in total. The van der Waals surface area contributed by atoms with Crippen LogP contribution in [0.3, 0.4) is 0 Å². The van der Waals surface area contributed by atoms with E-state index < -0.39 is 0 Å². The number of nitrogens with zero attached hydrogens (tertiary/aromatic N) is 4. The van der Waals surface area contributed by atoms with Gasteiger partial charge in [-0.25, -0.2) is 9.89 Å². The molecule has 31 heavy (non-hydrogen) atoms. The molecule has 162 valence electrons. The molecule has 1 aliphatic rings. The number of hydrogen-bond acceptors (Lipinski definition) is 5. The van der Waals surface area contributed by atoms with E-state index in [2.05, 4.69) is 46.3 Å². The molecule has 0 saturated carbocycles. The number of benzene rings is 2. The smallest absolute Gasteiger partial charge is 0.339 e. The molecule has 1 aliphatic heterocycles. The maximum atomic E-state index is 12.8. The summed E-state index contributed by atoms with van der Waals surface area (Å²) in [6.45, 7) is 5.79. The lowest BCUT2D eigenvalue weighted by Gasteiger charge is -2.38. The van der Waals surface area contributed by atoms with Crippen molar-refractivity contribution in [3.63, 3.8) is 0 Å². The molecule has 2 aromatic carbocycles. The maximum absolute atomic E-state index is 12.8. The van der Waals surface area contributed by atoms with Gasteiger partial charge in [-0.2, -0.15) is 0 Å². The fraction of sp³-hybridized carbons (Fsp3) is 0.348. The van der Waals surface area contributed by atoms with Crippen LogP contribution in [0.25, 0.3) is 0 Å². The highest BCUT2D eigenvalue weighted by Gasteiger charge is 2.25. The van der Waals surface area contributed by atoms with Crippen molar-refractivity contribution in [3.8, 4) is 0 Å². The summed E-state index contributed by atoms with van der Waals surface area (Å²) in [6.07, 6.45) is 0. The van der Waals surface area contributed by atoms with Gasteiger partial charge in [-0.05, 0) is 18.1 Å². The van der Waals surface area contributed by atoms with Crippen molar-refractivity contribution in [2.75, 3.05) is 31.9 Å². The Bertz CT molecular complexity index is 1040. The number of piperazine rings is 1. The monoisotopic (exact) mass is 437 g/mol. The molecular weight excluding hydrogens is 410 g/mol. The van der Waals surface area contributed by atoms with Crippen LogP contribution in [0.4, 0.5) is 0 Å². The second kappa shape index (κ2) is 9.98. The van der Waals surface area contributed by atoms with E-state index in [0.29, 0.717) is 30.8 Å². The lowest BCUT2D eigenvalue weighted by Crippen LogP contribution is -2.49. The van der Waals surface area contributed by atoms with E-state index >= 15 is 0 Å². The van der Waals surface area contributed by atoms with Gasteiger partial charge in [0.2, 0.25) is 5.91 Å². The molecule has 0 radical (unpaired) electrons. The Balaban J connectivity index is 1.30. The fourth-order valence-corrected chi connectivity index (χ4v) is 4.69. The van der Waals surface area contributed by atoms with Crippen LogP contribution in [-0.2, 0) is 11.3 Å². The largest absolute Gasteiger partial charge is 0.344 e. The molecule has 1 N–H and O–H groups in total. The van der Waals surface area contributed by atoms with Crippen molar-refractivity contribution >= 4 is 17.7 Å². The van der Waals surface area contributed by atoms with Crippen LogP contribution in [0.5, 0.6) is 0 Å². The molecule has 1 atom stereocenters. The van der Waals surface area contributed by atoms with Crippen LogP contribution in [0.2, 0.25) is 0 Å². The molecule has 3 aromatic rings. The van der Waals surface area contributed by atoms with Gasteiger partial charge in [0.05, 0.1) is 12.3 Å². The summed E-state index contributed by atoms with van der Waals surface area (Å²) in [7, 11) is 0. The molecule has 1 saturated heterocycles. The average Bonchev–Trinajstić information content (AvgIpc) is 3.17. The number of aromatic amines is 1. The first-order valence-electron chi connectivity index (χ1n) is 10.5. The van der Waals surface area contributed by atoms with Gasteiger partial charge >= 0.3 is 5.69 Å². The van der Waals surface area contributed by atoms with Crippen LogP contribution in [0.15, 0.2) is 70.6 Å². The number of hydrogen-bond donors (Lipinski definition) is 1. The van der Waals surface area contributed by atoms with E-state index in [0.717, 1.165) is 18.7 Å². The van der Waals surface area contributed by atoms with Gasteiger partial charge in [-0.1, -0.05) is 72.4 Å². The zero-order valence-electron chi connectivity index (χ0n) is 17.6. The lowest BCUT2D eigenvalue weighted by molar-refractivity contribution is -0.130. The normalized spacial score (nSPS) is 15.7. The van der Waals surface area contributed by atoms with E-state index in [1.165, 1.54) is 17.3 Å². The van der Waals surface area contributed by atoms with E-state index in [4.69, 9.17) is 0 Å².